The summed E-state index contributed by atoms with van der Waals surface area (Å²) in [5.41, 5.74) is 0.363. The highest BCUT2D eigenvalue weighted by molar-refractivity contribution is 4.83. The average molecular weight is 228 g/mol. The van der Waals surface area contributed by atoms with Gasteiger partial charge in [0.2, 0.25) is 0 Å². The topological polar surface area (TPSA) is 18.5 Å². The van der Waals surface area contributed by atoms with Crippen LogP contribution in [0.2, 0.25) is 0 Å². The molecule has 0 radical (unpaired) electrons. The highest BCUT2D eigenvalue weighted by Crippen LogP contribution is 2.31. The van der Waals surface area contributed by atoms with E-state index in [0.29, 0.717) is 5.41 Å². The standard InChI is InChI=1S/C14H28O2/c1-3-5-6-7-8-9-10-15-11-14(4-2)12-16-13-14/h3-13H2,1-2H3. The van der Waals surface area contributed by atoms with Crippen LogP contribution in [0.3, 0.4) is 0 Å². The number of unbranched alkanes of at least 4 members (excludes halogenated alkanes) is 5. The van der Waals surface area contributed by atoms with Crippen LogP contribution in [0.15, 0.2) is 0 Å². The van der Waals surface area contributed by atoms with Gasteiger partial charge in [-0.05, 0) is 12.8 Å². The van der Waals surface area contributed by atoms with Gasteiger partial charge in [-0.2, -0.15) is 0 Å². The van der Waals surface area contributed by atoms with Gasteiger partial charge in [-0.3, -0.25) is 0 Å². The Kier molecular flexibility index (Phi) is 7.06. The largest absolute Gasteiger partial charge is 0.381 e. The first kappa shape index (κ1) is 14.0. The molecule has 0 N–H and O–H groups in total. The summed E-state index contributed by atoms with van der Waals surface area (Å²) in [5.74, 6) is 0. The zero-order valence-electron chi connectivity index (χ0n) is 11.1. The van der Waals surface area contributed by atoms with Gasteiger partial charge in [-0.1, -0.05) is 46.0 Å². The zero-order chi connectivity index (χ0) is 11.7. The highest BCUT2D eigenvalue weighted by Gasteiger charge is 2.36. The Morgan fingerprint density at radius 1 is 1.00 bits per heavy atom. The lowest BCUT2D eigenvalue weighted by Crippen LogP contribution is -2.45. The third kappa shape index (κ3) is 4.84. The molecule has 0 aromatic rings. The van der Waals surface area contributed by atoms with E-state index in [1.54, 1.807) is 0 Å². The molecule has 0 aliphatic carbocycles. The molecule has 0 unspecified atom stereocenters. The minimum absolute atomic E-state index is 0.363. The van der Waals surface area contributed by atoms with Crippen molar-refractivity contribution in [2.24, 2.45) is 5.41 Å². The molecule has 1 aliphatic rings. The van der Waals surface area contributed by atoms with Crippen molar-refractivity contribution in [3.8, 4) is 0 Å². The van der Waals surface area contributed by atoms with Crippen LogP contribution in [-0.4, -0.2) is 26.4 Å². The van der Waals surface area contributed by atoms with Crippen molar-refractivity contribution in [1.29, 1.82) is 0 Å². The summed E-state index contributed by atoms with van der Waals surface area (Å²) in [4.78, 5) is 0. The number of hydrogen-bond acceptors (Lipinski definition) is 2. The lowest BCUT2D eigenvalue weighted by molar-refractivity contribution is -0.150. The van der Waals surface area contributed by atoms with Crippen molar-refractivity contribution < 1.29 is 9.47 Å². The Morgan fingerprint density at radius 3 is 2.25 bits per heavy atom. The van der Waals surface area contributed by atoms with E-state index in [0.717, 1.165) is 26.4 Å². The quantitative estimate of drug-likeness (QED) is 0.530. The third-order valence-electron chi connectivity index (χ3n) is 3.62. The van der Waals surface area contributed by atoms with Crippen molar-refractivity contribution in [1.82, 2.24) is 0 Å². The van der Waals surface area contributed by atoms with Gasteiger partial charge in [0.1, 0.15) is 0 Å². The van der Waals surface area contributed by atoms with Crippen molar-refractivity contribution in [2.75, 3.05) is 26.4 Å². The van der Waals surface area contributed by atoms with E-state index >= 15 is 0 Å². The molecule has 2 nitrogen and oxygen atoms in total. The molecule has 1 fully saturated rings. The molecule has 0 spiro atoms. The van der Waals surface area contributed by atoms with Crippen LogP contribution in [0.25, 0.3) is 0 Å². The van der Waals surface area contributed by atoms with Gasteiger partial charge in [0.05, 0.1) is 19.8 Å². The van der Waals surface area contributed by atoms with Gasteiger partial charge < -0.3 is 9.47 Å². The molecular weight excluding hydrogens is 200 g/mol. The van der Waals surface area contributed by atoms with Crippen LogP contribution in [-0.2, 0) is 9.47 Å². The Morgan fingerprint density at radius 2 is 1.69 bits per heavy atom. The fourth-order valence-electron chi connectivity index (χ4n) is 2.05. The molecular formula is C14H28O2. The van der Waals surface area contributed by atoms with Crippen molar-refractivity contribution in [2.45, 2.75) is 58.8 Å². The molecule has 0 bridgehead atoms. The smallest absolute Gasteiger partial charge is 0.0566 e. The van der Waals surface area contributed by atoms with Gasteiger partial charge in [0.15, 0.2) is 0 Å². The summed E-state index contributed by atoms with van der Waals surface area (Å²) in [6.45, 7) is 8.14. The molecule has 0 atom stereocenters. The minimum Gasteiger partial charge on any atom is -0.381 e. The van der Waals surface area contributed by atoms with Gasteiger partial charge in [0, 0.05) is 12.0 Å². The molecule has 0 aromatic heterocycles. The van der Waals surface area contributed by atoms with Crippen molar-refractivity contribution in [3.63, 3.8) is 0 Å². The molecule has 96 valence electrons. The molecule has 1 aliphatic heterocycles. The Balaban J connectivity index is 1.84. The molecule has 16 heavy (non-hydrogen) atoms. The Bertz CT molecular complexity index is 159. The van der Waals surface area contributed by atoms with Crippen LogP contribution < -0.4 is 0 Å². The molecule has 0 amide bonds. The maximum atomic E-state index is 5.76. The van der Waals surface area contributed by atoms with Gasteiger partial charge in [0.25, 0.3) is 0 Å². The van der Waals surface area contributed by atoms with Crippen molar-refractivity contribution >= 4 is 0 Å². The van der Waals surface area contributed by atoms with Crippen LogP contribution >= 0.6 is 0 Å². The normalized spacial score (nSPS) is 18.4. The second-order valence-corrected chi connectivity index (χ2v) is 5.17. The van der Waals surface area contributed by atoms with E-state index in [1.165, 1.54) is 44.9 Å². The molecule has 1 heterocycles. The average Bonchev–Trinajstić information content (AvgIpc) is 2.25. The van der Waals surface area contributed by atoms with Crippen LogP contribution in [0.5, 0.6) is 0 Å². The first-order valence-corrected chi connectivity index (χ1v) is 6.98. The number of hydrogen-bond donors (Lipinski definition) is 0. The maximum Gasteiger partial charge on any atom is 0.0566 e. The predicted molar refractivity (Wildman–Crippen MR) is 67.7 cm³/mol. The van der Waals surface area contributed by atoms with E-state index in [2.05, 4.69) is 13.8 Å². The van der Waals surface area contributed by atoms with E-state index in [4.69, 9.17) is 9.47 Å². The van der Waals surface area contributed by atoms with E-state index in [9.17, 15) is 0 Å². The second-order valence-electron chi connectivity index (χ2n) is 5.17. The summed E-state index contributed by atoms with van der Waals surface area (Å²) in [5, 5.41) is 0. The third-order valence-corrected chi connectivity index (χ3v) is 3.62. The van der Waals surface area contributed by atoms with E-state index in [-0.39, 0.29) is 0 Å². The molecule has 1 saturated heterocycles. The Hall–Kier alpha value is -0.0800. The minimum atomic E-state index is 0.363. The van der Waals surface area contributed by atoms with Crippen LogP contribution in [0.4, 0.5) is 0 Å². The van der Waals surface area contributed by atoms with Gasteiger partial charge in [-0.25, -0.2) is 0 Å². The highest BCUT2D eigenvalue weighted by atomic mass is 16.5. The molecule has 0 aromatic carbocycles. The Labute approximate surface area is 101 Å². The fourth-order valence-corrected chi connectivity index (χ4v) is 2.05. The van der Waals surface area contributed by atoms with Gasteiger partial charge >= 0.3 is 0 Å². The lowest BCUT2D eigenvalue weighted by Gasteiger charge is -2.40. The van der Waals surface area contributed by atoms with E-state index in [1.807, 2.05) is 0 Å². The number of ether oxygens (including phenoxy) is 2. The molecule has 2 heteroatoms. The summed E-state index contributed by atoms with van der Waals surface area (Å²) in [6.07, 6.45) is 9.22. The first-order valence-electron chi connectivity index (χ1n) is 6.98. The summed E-state index contributed by atoms with van der Waals surface area (Å²) < 4.78 is 11.0. The second kappa shape index (κ2) is 8.08. The first-order chi connectivity index (χ1) is 7.83. The molecule has 1 rings (SSSR count). The fraction of sp³-hybridized carbons (Fsp3) is 1.00. The van der Waals surface area contributed by atoms with Crippen LogP contribution in [0.1, 0.15) is 58.8 Å². The lowest BCUT2D eigenvalue weighted by atomic mass is 9.84. The monoisotopic (exact) mass is 228 g/mol. The van der Waals surface area contributed by atoms with Gasteiger partial charge in [-0.15, -0.1) is 0 Å². The molecule has 0 saturated carbocycles. The van der Waals surface area contributed by atoms with E-state index < -0.39 is 0 Å². The SMILES string of the molecule is CCCCCCCCOCC1(CC)COC1. The summed E-state index contributed by atoms with van der Waals surface area (Å²) in [6, 6.07) is 0. The number of rotatable bonds is 10. The van der Waals surface area contributed by atoms with Crippen molar-refractivity contribution in [3.05, 3.63) is 0 Å². The predicted octanol–water partition coefficient (Wildman–Crippen LogP) is 3.79. The summed E-state index contributed by atoms with van der Waals surface area (Å²) in [7, 11) is 0. The zero-order valence-corrected chi connectivity index (χ0v) is 11.1. The summed E-state index contributed by atoms with van der Waals surface area (Å²) >= 11 is 0. The van der Waals surface area contributed by atoms with Crippen LogP contribution in [0, 0.1) is 5.41 Å². The maximum absolute atomic E-state index is 5.76.